The molecule has 4 aliphatic rings. The van der Waals surface area contributed by atoms with Crippen molar-refractivity contribution in [2.75, 3.05) is 13.1 Å². The lowest BCUT2D eigenvalue weighted by Gasteiger charge is -2.64. The minimum atomic E-state index is -4.95. The van der Waals surface area contributed by atoms with E-state index in [-0.39, 0.29) is 89.1 Å². The summed E-state index contributed by atoms with van der Waals surface area (Å²) in [5, 5.41) is 0. The molecular formula is C53H82F3NO7. The maximum absolute atomic E-state index is 14.1. The Balaban J connectivity index is 1.38. The van der Waals surface area contributed by atoms with Crippen LogP contribution in [-0.2, 0) is 35.2 Å². The minimum Gasteiger partial charge on any atom is -0.463 e. The Labute approximate surface area is 383 Å². The number of alkyl halides is 3. The lowest BCUT2D eigenvalue weighted by molar-refractivity contribution is -0.227. The van der Waals surface area contributed by atoms with Gasteiger partial charge in [0.2, 0.25) is 5.91 Å². The van der Waals surface area contributed by atoms with E-state index in [1.807, 2.05) is 0 Å². The van der Waals surface area contributed by atoms with E-state index in [9.17, 15) is 32.3 Å². The number of ketones is 1. The van der Waals surface area contributed by atoms with E-state index in [1.54, 1.807) is 12.1 Å². The predicted octanol–water partition coefficient (Wildman–Crippen LogP) is 13.0. The van der Waals surface area contributed by atoms with Gasteiger partial charge in [-0.2, -0.15) is 13.2 Å². The number of fused-ring (bicyclic) bond motifs is 5. The topological polar surface area (TPSA) is 99.2 Å². The molecule has 1 aromatic carbocycles. The average Bonchev–Trinajstić information content (AvgIpc) is 3.61. The highest BCUT2D eigenvalue weighted by atomic mass is 19.4. The van der Waals surface area contributed by atoms with Crippen LogP contribution in [0.2, 0.25) is 0 Å². The van der Waals surface area contributed by atoms with Crippen molar-refractivity contribution < 1.29 is 46.6 Å². The molecule has 0 heterocycles. The number of carbonyl (C=O) groups is 4. The molecule has 0 bridgehead atoms. The number of esters is 2. The molecule has 0 saturated heterocycles. The smallest absolute Gasteiger partial charge is 0.454 e. The van der Waals surface area contributed by atoms with E-state index in [0.29, 0.717) is 12.0 Å². The summed E-state index contributed by atoms with van der Waals surface area (Å²) in [5.41, 5.74) is -0.144. The standard InChI is InChI=1S/C53H82F3NO7/c1-8-10-12-14-16-18-30-57(31-19-17-15-13-11-9-2)48(60)27-20-36(3)43-25-26-44-49-45(51(6)29-28-42(63-37(4)58)32-41(51)33-46(49)64-38(5)59)34-47(52(43,44)7)62-35-39-21-23-40(24-22-39)50(61)53(54,55)56/h21-24,36,41-47,49H,8-20,25-35H2,1-7H3/t36-,41+,42-,43-,44+,45+,46-,47+,49+,51+,52-/m1/s1. The van der Waals surface area contributed by atoms with Gasteiger partial charge < -0.3 is 19.1 Å². The van der Waals surface area contributed by atoms with Crippen molar-refractivity contribution in [2.45, 2.75) is 214 Å². The Morgan fingerprint density at radius 1 is 0.766 bits per heavy atom. The second-order valence-corrected chi connectivity index (χ2v) is 20.9. The first-order chi connectivity index (χ1) is 30.4. The van der Waals surface area contributed by atoms with Crippen molar-refractivity contribution in [1.82, 2.24) is 4.90 Å². The van der Waals surface area contributed by atoms with Crippen LogP contribution < -0.4 is 0 Å². The zero-order valence-corrected chi connectivity index (χ0v) is 40.4. The number of hydrogen-bond donors (Lipinski definition) is 0. The van der Waals surface area contributed by atoms with Crippen LogP contribution in [0.1, 0.15) is 199 Å². The quantitative estimate of drug-likeness (QED) is 0.0579. The summed E-state index contributed by atoms with van der Waals surface area (Å²) in [4.78, 5) is 53.1. The average molecular weight is 902 g/mol. The molecule has 4 saturated carbocycles. The fourth-order valence-corrected chi connectivity index (χ4v) is 13.3. The normalized spacial score (nSPS) is 30.4. The Morgan fingerprint density at radius 3 is 1.94 bits per heavy atom. The van der Waals surface area contributed by atoms with Gasteiger partial charge in [-0.05, 0) is 105 Å². The van der Waals surface area contributed by atoms with E-state index >= 15 is 0 Å². The van der Waals surface area contributed by atoms with E-state index in [0.717, 1.165) is 90.1 Å². The molecule has 0 radical (unpaired) electrons. The number of rotatable bonds is 24. The number of Topliss-reactive ketones (excluding diaryl/α,β-unsaturated/α-hetero) is 1. The van der Waals surface area contributed by atoms with Crippen molar-refractivity contribution >= 4 is 23.6 Å². The van der Waals surface area contributed by atoms with Crippen molar-refractivity contribution in [2.24, 2.45) is 46.3 Å². The summed E-state index contributed by atoms with van der Waals surface area (Å²) in [6.45, 7) is 16.3. The molecule has 8 nitrogen and oxygen atoms in total. The monoisotopic (exact) mass is 902 g/mol. The van der Waals surface area contributed by atoms with Gasteiger partial charge in [-0.1, -0.05) is 123 Å². The summed E-state index contributed by atoms with van der Waals surface area (Å²) >= 11 is 0. The van der Waals surface area contributed by atoms with E-state index in [2.05, 4.69) is 39.5 Å². The molecule has 11 atom stereocenters. The summed E-state index contributed by atoms with van der Waals surface area (Å²) in [6.07, 6.45) is 15.7. The van der Waals surface area contributed by atoms with Gasteiger partial charge in [0, 0.05) is 50.3 Å². The molecule has 0 aromatic heterocycles. The van der Waals surface area contributed by atoms with Crippen LogP contribution in [0.15, 0.2) is 24.3 Å². The number of hydrogen-bond acceptors (Lipinski definition) is 7. The molecule has 0 spiro atoms. The first kappa shape index (κ1) is 52.0. The molecule has 5 rings (SSSR count). The summed E-state index contributed by atoms with van der Waals surface area (Å²) in [6, 6.07) is 5.57. The molecule has 64 heavy (non-hydrogen) atoms. The molecule has 0 aliphatic heterocycles. The fourth-order valence-electron chi connectivity index (χ4n) is 13.3. The van der Waals surface area contributed by atoms with Crippen molar-refractivity contribution in [3.8, 4) is 0 Å². The van der Waals surface area contributed by atoms with E-state index in [1.165, 1.54) is 77.3 Å². The van der Waals surface area contributed by atoms with Crippen LogP contribution in [0.5, 0.6) is 0 Å². The summed E-state index contributed by atoms with van der Waals surface area (Å²) < 4.78 is 58.9. The van der Waals surface area contributed by atoms with Crippen LogP contribution in [-0.4, -0.2) is 66.1 Å². The lowest BCUT2D eigenvalue weighted by Crippen LogP contribution is -2.63. The molecule has 0 N–H and O–H groups in total. The van der Waals surface area contributed by atoms with Gasteiger partial charge in [-0.15, -0.1) is 0 Å². The number of amides is 1. The van der Waals surface area contributed by atoms with Crippen molar-refractivity contribution in [3.05, 3.63) is 35.4 Å². The molecule has 0 unspecified atom stereocenters. The Morgan fingerprint density at radius 2 is 1.36 bits per heavy atom. The number of benzene rings is 1. The van der Waals surface area contributed by atoms with E-state index in [4.69, 9.17) is 14.2 Å². The van der Waals surface area contributed by atoms with Crippen LogP contribution in [0.4, 0.5) is 13.2 Å². The van der Waals surface area contributed by atoms with Crippen molar-refractivity contribution in [1.29, 1.82) is 0 Å². The Bertz CT molecular complexity index is 1650. The van der Waals surface area contributed by atoms with Crippen LogP contribution in [0.3, 0.4) is 0 Å². The fraction of sp³-hybridized carbons (Fsp3) is 0.811. The number of carbonyl (C=O) groups excluding carboxylic acids is 4. The Kier molecular flexibility index (Phi) is 19.2. The maximum Gasteiger partial charge on any atom is 0.454 e. The van der Waals surface area contributed by atoms with Gasteiger partial charge in [-0.3, -0.25) is 19.2 Å². The van der Waals surface area contributed by atoms with Crippen LogP contribution in [0.25, 0.3) is 0 Å². The molecule has 4 aliphatic carbocycles. The second-order valence-electron chi connectivity index (χ2n) is 20.9. The SMILES string of the molecule is CCCCCCCCN(CCCCCCCC)C(=O)CC[C@@H](C)[C@H]1CC[C@H]2[C@@H]3[C@H](OC(C)=O)C[C@@H]4C[C@H](OC(C)=O)CC[C@]4(C)[C@H]3C[C@H](OCc3ccc(C(=O)C(F)(F)F)cc3)[C@]12C. The van der Waals surface area contributed by atoms with Gasteiger partial charge in [0.25, 0.3) is 5.78 Å². The van der Waals surface area contributed by atoms with E-state index < -0.39 is 17.5 Å². The van der Waals surface area contributed by atoms with Gasteiger partial charge in [-0.25, -0.2) is 0 Å². The molecular weight excluding hydrogens is 820 g/mol. The number of nitrogens with zero attached hydrogens (tertiary/aromatic N) is 1. The molecule has 1 aromatic rings. The zero-order valence-electron chi connectivity index (χ0n) is 40.4. The van der Waals surface area contributed by atoms with Gasteiger partial charge in [0.15, 0.2) is 0 Å². The summed E-state index contributed by atoms with van der Waals surface area (Å²) in [7, 11) is 0. The number of ether oxygens (including phenoxy) is 3. The Hall–Kier alpha value is -2.95. The second kappa shape index (κ2) is 23.7. The zero-order chi connectivity index (χ0) is 46.7. The van der Waals surface area contributed by atoms with Crippen LogP contribution in [0, 0.1) is 46.3 Å². The molecule has 362 valence electrons. The maximum atomic E-state index is 14.1. The third-order valence-corrected chi connectivity index (χ3v) is 16.7. The third-order valence-electron chi connectivity index (χ3n) is 16.7. The summed E-state index contributed by atoms with van der Waals surface area (Å²) in [5.74, 6) is -1.11. The molecule has 4 fully saturated rings. The molecule has 11 heteroatoms. The lowest BCUT2D eigenvalue weighted by atomic mass is 9.43. The third kappa shape index (κ3) is 12.9. The van der Waals surface area contributed by atoms with Gasteiger partial charge >= 0.3 is 18.1 Å². The highest BCUT2D eigenvalue weighted by Crippen LogP contribution is 2.69. The first-order valence-corrected chi connectivity index (χ1v) is 25.4. The number of halogens is 3. The highest BCUT2D eigenvalue weighted by molar-refractivity contribution is 6.00. The highest BCUT2D eigenvalue weighted by Gasteiger charge is 2.67. The van der Waals surface area contributed by atoms with Crippen molar-refractivity contribution in [3.63, 3.8) is 0 Å². The predicted molar refractivity (Wildman–Crippen MR) is 244 cm³/mol. The first-order valence-electron chi connectivity index (χ1n) is 25.4. The van der Waals surface area contributed by atoms with Crippen LogP contribution >= 0.6 is 0 Å². The largest absolute Gasteiger partial charge is 0.463 e. The minimum absolute atomic E-state index is 0.105. The number of unbranched alkanes of at least 4 members (excludes halogenated alkanes) is 10. The van der Waals surface area contributed by atoms with Gasteiger partial charge in [0.05, 0.1) is 12.7 Å². The molecule has 1 amide bonds. The van der Waals surface area contributed by atoms with Gasteiger partial charge in [0.1, 0.15) is 12.2 Å².